The molecule has 4 aromatic heterocycles. The van der Waals surface area contributed by atoms with E-state index in [1.165, 1.54) is 23.1 Å². The molecule has 0 aliphatic carbocycles. The number of hydrogen-bond donors (Lipinski definition) is 1. The van der Waals surface area contributed by atoms with E-state index in [1.54, 1.807) is 24.7 Å². The zero-order valence-electron chi connectivity index (χ0n) is 16.0. The Kier molecular flexibility index (Phi) is 5.64. The number of hydrogen-bond acceptors (Lipinski definition) is 5. The quantitative estimate of drug-likeness (QED) is 0.531. The van der Waals surface area contributed by atoms with Gasteiger partial charge in [-0.15, -0.1) is 0 Å². The molecule has 1 saturated heterocycles. The molecule has 5 rings (SSSR count). The van der Waals surface area contributed by atoms with Gasteiger partial charge in [-0.05, 0) is 43.5 Å². The Morgan fingerprint density at radius 1 is 0.967 bits per heavy atom. The third kappa shape index (κ3) is 4.42. The number of piperidine rings is 1. The Hall–Kier alpha value is -3.43. The molecule has 1 aliphatic heterocycles. The van der Waals surface area contributed by atoms with Gasteiger partial charge < -0.3 is 4.90 Å². The van der Waals surface area contributed by atoms with Gasteiger partial charge in [0.2, 0.25) is 5.95 Å². The van der Waals surface area contributed by atoms with E-state index in [2.05, 4.69) is 30.0 Å². The van der Waals surface area contributed by atoms with Crippen LogP contribution in [0.15, 0.2) is 55.2 Å². The number of aromatic amines is 1. The van der Waals surface area contributed by atoms with Crippen LogP contribution in [0.25, 0.3) is 17.0 Å². The van der Waals surface area contributed by atoms with Gasteiger partial charge >= 0.3 is 6.18 Å². The molecule has 5 heterocycles. The Bertz CT molecular complexity index is 1070. The molecule has 0 atom stereocenters. The molecule has 0 amide bonds. The van der Waals surface area contributed by atoms with Gasteiger partial charge in [0.25, 0.3) is 0 Å². The molecular weight excluding hydrogens is 395 g/mol. The van der Waals surface area contributed by atoms with E-state index in [0.717, 1.165) is 38.2 Å². The van der Waals surface area contributed by atoms with Crippen LogP contribution in [0.3, 0.4) is 0 Å². The third-order valence-electron chi connectivity index (χ3n) is 4.78. The fraction of sp³-hybridized carbons (Fsp3) is 0.300. The summed E-state index contributed by atoms with van der Waals surface area (Å²) in [5.74, 6) is 0.610. The fourth-order valence-corrected chi connectivity index (χ4v) is 3.29. The first-order chi connectivity index (χ1) is 14.5. The predicted octanol–water partition coefficient (Wildman–Crippen LogP) is 4.21. The van der Waals surface area contributed by atoms with Crippen molar-refractivity contribution >= 4 is 11.6 Å². The maximum Gasteiger partial charge on any atom is 0.417 e. The van der Waals surface area contributed by atoms with Crippen molar-refractivity contribution < 1.29 is 13.2 Å². The van der Waals surface area contributed by atoms with E-state index in [1.807, 2.05) is 6.07 Å². The van der Waals surface area contributed by atoms with Crippen LogP contribution in [-0.2, 0) is 6.18 Å². The van der Waals surface area contributed by atoms with Gasteiger partial charge in [0.15, 0.2) is 0 Å². The molecule has 0 aromatic carbocycles. The second-order valence-electron chi connectivity index (χ2n) is 6.84. The highest BCUT2D eigenvalue weighted by Gasteiger charge is 2.31. The summed E-state index contributed by atoms with van der Waals surface area (Å²) in [5.41, 5.74) is 0.801. The number of fused-ring (bicyclic) bond motifs is 1. The van der Waals surface area contributed by atoms with Gasteiger partial charge in [0, 0.05) is 37.9 Å². The first-order valence-electron chi connectivity index (χ1n) is 9.59. The van der Waals surface area contributed by atoms with Crippen molar-refractivity contribution in [3.05, 3.63) is 60.8 Å². The van der Waals surface area contributed by atoms with Gasteiger partial charge in [-0.25, -0.2) is 15.0 Å². The molecule has 4 aromatic rings. The molecule has 1 fully saturated rings. The molecule has 156 valence electrons. The number of nitrogens with zero attached hydrogens (tertiary/aromatic N) is 6. The van der Waals surface area contributed by atoms with E-state index < -0.39 is 11.7 Å². The molecule has 1 N–H and O–H groups in total. The summed E-state index contributed by atoms with van der Waals surface area (Å²) < 4.78 is 40.4. The van der Waals surface area contributed by atoms with Crippen LogP contribution in [-0.4, -0.2) is 42.6 Å². The normalized spacial score (nSPS) is 14.4. The summed E-state index contributed by atoms with van der Waals surface area (Å²) >= 11 is 0. The predicted molar refractivity (Wildman–Crippen MR) is 106 cm³/mol. The number of aromatic nitrogens is 6. The highest BCUT2D eigenvalue weighted by atomic mass is 19.4. The van der Waals surface area contributed by atoms with Crippen LogP contribution < -0.4 is 4.90 Å². The second kappa shape index (κ2) is 8.52. The Morgan fingerprint density at radius 3 is 2.47 bits per heavy atom. The lowest BCUT2D eigenvalue weighted by Gasteiger charge is -2.26. The minimum atomic E-state index is -4.40. The minimum Gasteiger partial charge on any atom is -0.341 e. The summed E-state index contributed by atoms with van der Waals surface area (Å²) in [6.07, 6.45) is 6.68. The van der Waals surface area contributed by atoms with E-state index in [0.29, 0.717) is 23.0 Å². The summed E-state index contributed by atoms with van der Waals surface area (Å²) in [5, 5.41) is 6.21. The van der Waals surface area contributed by atoms with Crippen molar-refractivity contribution in [3.63, 3.8) is 0 Å². The van der Waals surface area contributed by atoms with Crippen LogP contribution in [0.2, 0.25) is 0 Å². The molecule has 0 unspecified atom stereocenters. The van der Waals surface area contributed by atoms with Crippen LogP contribution in [0.1, 0.15) is 24.8 Å². The molecule has 30 heavy (non-hydrogen) atoms. The van der Waals surface area contributed by atoms with Crippen LogP contribution >= 0.6 is 0 Å². The van der Waals surface area contributed by atoms with Crippen molar-refractivity contribution in [3.8, 4) is 11.4 Å². The third-order valence-corrected chi connectivity index (χ3v) is 4.78. The highest BCUT2D eigenvalue weighted by Crippen LogP contribution is 2.30. The largest absolute Gasteiger partial charge is 0.417 e. The number of halogens is 3. The number of rotatable bonds is 2. The Balaban J connectivity index is 0.000000383. The fourth-order valence-electron chi connectivity index (χ4n) is 3.29. The van der Waals surface area contributed by atoms with Gasteiger partial charge in [-0.3, -0.25) is 9.50 Å². The van der Waals surface area contributed by atoms with E-state index >= 15 is 0 Å². The van der Waals surface area contributed by atoms with Crippen molar-refractivity contribution in [2.24, 2.45) is 0 Å². The molecule has 0 radical (unpaired) electrons. The average molecular weight is 415 g/mol. The maximum absolute atomic E-state index is 13.0. The van der Waals surface area contributed by atoms with E-state index in [9.17, 15) is 13.2 Å². The van der Waals surface area contributed by atoms with E-state index in [4.69, 9.17) is 0 Å². The van der Waals surface area contributed by atoms with Crippen molar-refractivity contribution in [1.29, 1.82) is 0 Å². The molecule has 0 spiro atoms. The lowest BCUT2D eigenvalue weighted by atomic mass is 10.1. The van der Waals surface area contributed by atoms with Crippen LogP contribution in [0.5, 0.6) is 0 Å². The van der Waals surface area contributed by atoms with Crippen molar-refractivity contribution in [2.45, 2.75) is 25.4 Å². The van der Waals surface area contributed by atoms with Crippen LogP contribution in [0, 0.1) is 0 Å². The topological polar surface area (TPSA) is 75.0 Å². The number of H-pyrrole nitrogens is 1. The monoisotopic (exact) mass is 415 g/mol. The molecule has 10 heteroatoms. The first-order valence-corrected chi connectivity index (χ1v) is 9.59. The van der Waals surface area contributed by atoms with Gasteiger partial charge in [-0.2, -0.15) is 18.3 Å². The number of nitrogens with one attached hydrogen (secondary N) is 1. The Morgan fingerprint density at radius 2 is 1.80 bits per heavy atom. The second-order valence-corrected chi connectivity index (χ2v) is 6.84. The van der Waals surface area contributed by atoms with Gasteiger partial charge in [0.05, 0.1) is 23.1 Å². The number of imidazole rings is 1. The summed E-state index contributed by atoms with van der Waals surface area (Å²) in [7, 11) is 0. The maximum atomic E-state index is 13.0. The highest BCUT2D eigenvalue weighted by molar-refractivity contribution is 5.61. The lowest BCUT2D eigenvalue weighted by molar-refractivity contribution is -0.137. The minimum absolute atomic E-state index is 0.445. The molecule has 0 bridgehead atoms. The van der Waals surface area contributed by atoms with Crippen LogP contribution in [0.4, 0.5) is 19.1 Å². The molecule has 1 aliphatic rings. The smallest absolute Gasteiger partial charge is 0.341 e. The van der Waals surface area contributed by atoms with E-state index in [-0.39, 0.29) is 0 Å². The van der Waals surface area contributed by atoms with Crippen molar-refractivity contribution in [2.75, 3.05) is 18.0 Å². The summed E-state index contributed by atoms with van der Waals surface area (Å²) in [6.45, 7) is 1.80. The van der Waals surface area contributed by atoms with Gasteiger partial charge in [-0.1, -0.05) is 0 Å². The average Bonchev–Trinajstić information content (AvgIpc) is 3.47. The van der Waals surface area contributed by atoms with Gasteiger partial charge in [0.1, 0.15) is 5.65 Å². The van der Waals surface area contributed by atoms with Crippen molar-refractivity contribution in [1.82, 2.24) is 29.5 Å². The summed E-state index contributed by atoms with van der Waals surface area (Å²) in [6, 6.07) is 5.92. The molecule has 7 nitrogen and oxygen atoms in total. The number of alkyl halides is 3. The summed E-state index contributed by atoms with van der Waals surface area (Å²) in [4.78, 5) is 15.2. The zero-order chi connectivity index (χ0) is 21.0. The molecular formula is C20H20F3N7. The zero-order valence-corrected chi connectivity index (χ0v) is 16.0. The number of anilines is 1. The lowest BCUT2D eigenvalue weighted by Crippen LogP contribution is -2.31. The SMILES string of the molecule is FC(F)(F)c1ccc2ncc(-c3ccnc(N4CCCCC4)n3)n2c1.c1cn[nH]c1. The molecule has 0 saturated carbocycles. The number of pyridine rings is 1. The standard InChI is InChI=1S/C17H16F3N5.C3H4N2/c18-17(19,20)12-4-5-15-22-10-14(25(15)11-12)13-6-7-21-16(23-13)24-8-2-1-3-9-24;1-2-4-5-3-1/h4-7,10-11H,1-3,8-9H2;1-3H,(H,4,5). The first kappa shape index (κ1) is 19.9. The Labute approximate surface area is 170 Å².